The molecule has 1 aromatic rings. The monoisotopic (exact) mass is 156 g/mol. The molecule has 0 aliphatic carbocycles. The molecule has 0 aliphatic heterocycles. The second-order valence-corrected chi connectivity index (χ2v) is 2.51. The minimum atomic E-state index is 0.298. The lowest BCUT2D eigenvalue weighted by Crippen LogP contribution is -1.82. The Hall–Kier alpha value is -0.690. The van der Waals surface area contributed by atoms with Gasteiger partial charge >= 0.3 is 0 Å². The molecule has 10 heavy (non-hydrogen) atoms. The molecule has 0 heterocycles. The third-order valence-electron chi connectivity index (χ3n) is 1.47. The fraction of sp³-hybridized carbons (Fsp3) is 0.250. The Kier molecular flexibility index (Phi) is 2.17. The van der Waals surface area contributed by atoms with Crippen molar-refractivity contribution in [1.82, 2.24) is 0 Å². The van der Waals surface area contributed by atoms with E-state index < -0.39 is 0 Å². The number of aryl methyl sites for hydroxylation is 1. The van der Waals surface area contributed by atoms with Gasteiger partial charge in [-0.1, -0.05) is 6.07 Å². The van der Waals surface area contributed by atoms with Crippen LogP contribution >= 0.6 is 11.6 Å². The van der Waals surface area contributed by atoms with E-state index in [4.69, 9.17) is 16.7 Å². The predicted molar refractivity (Wildman–Crippen MR) is 42.4 cm³/mol. The number of halogens is 1. The van der Waals surface area contributed by atoms with Crippen LogP contribution < -0.4 is 0 Å². The second-order valence-electron chi connectivity index (χ2n) is 2.24. The first-order valence-corrected chi connectivity index (χ1v) is 3.62. The van der Waals surface area contributed by atoms with Gasteiger partial charge in [0.2, 0.25) is 0 Å². The van der Waals surface area contributed by atoms with Gasteiger partial charge in [-0.05, 0) is 30.2 Å². The zero-order valence-corrected chi connectivity index (χ0v) is 6.52. The molecule has 1 N–H and O–H groups in total. The smallest absolute Gasteiger partial charge is 0.115 e. The minimum Gasteiger partial charge on any atom is -0.508 e. The summed E-state index contributed by atoms with van der Waals surface area (Å²) in [7, 11) is 0. The maximum Gasteiger partial charge on any atom is 0.115 e. The standard InChI is InChI=1S/C8H9ClO/c1-6-4-8(10)3-2-7(6)5-9/h2-4,10H,5H2,1H3. The van der Waals surface area contributed by atoms with Crippen LogP contribution in [-0.2, 0) is 5.88 Å². The van der Waals surface area contributed by atoms with E-state index in [1.165, 1.54) is 0 Å². The molecule has 0 amide bonds. The molecule has 0 saturated heterocycles. The molecule has 0 fully saturated rings. The van der Waals surface area contributed by atoms with Gasteiger partial charge in [-0.2, -0.15) is 0 Å². The van der Waals surface area contributed by atoms with Gasteiger partial charge in [-0.15, -0.1) is 11.6 Å². The first-order valence-electron chi connectivity index (χ1n) is 3.08. The molecule has 0 bridgehead atoms. The summed E-state index contributed by atoms with van der Waals surface area (Å²) in [5.41, 5.74) is 2.11. The molecule has 1 rings (SSSR count). The van der Waals surface area contributed by atoms with Crippen molar-refractivity contribution in [2.75, 3.05) is 0 Å². The fourth-order valence-corrected chi connectivity index (χ4v) is 1.13. The van der Waals surface area contributed by atoms with E-state index in [2.05, 4.69) is 0 Å². The van der Waals surface area contributed by atoms with Crippen molar-refractivity contribution in [3.8, 4) is 5.75 Å². The lowest BCUT2D eigenvalue weighted by atomic mass is 10.1. The van der Waals surface area contributed by atoms with Gasteiger partial charge in [-0.3, -0.25) is 0 Å². The summed E-state index contributed by atoms with van der Waals surface area (Å²) < 4.78 is 0. The van der Waals surface area contributed by atoms with Gasteiger partial charge in [0.1, 0.15) is 5.75 Å². The van der Waals surface area contributed by atoms with E-state index >= 15 is 0 Å². The molecule has 0 radical (unpaired) electrons. The minimum absolute atomic E-state index is 0.298. The van der Waals surface area contributed by atoms with E-state index in [9.17, 15) is 0 Å². The number of aromatic hydroxyl groups is 1. The Labute approximate surface area is 65.3 Å². The quantitative estimate of drug-likeness (QED) is 0.620. The van der Waals surface area contributed by atoms with Crippen LogP contribution in [0.4, 0.5) is 0 Å². The second kappa shape index (κ2) is 2.93. The molecular weight excluding hydrogens is 148 g/mol. The summed E-state index contributed by atoms with van der Waals surface area (Å²) in [6, 6.07) is 5.18. The van der Waals surface area contributed by atoms with Crippen LogP contribution in [0.15, 0.2) is 18.2 Å². The van der Waals surface area contributed by atoms with Crippen LogP contribution in [0.5, 0.6) is 5.75 Å². The summed E-state index contributed by atoms with van der Waals surface area (Å²) in [4.78, 5) is 0. The normalized spacial score (nSPS) is 9.80. The van der Waals surface area contributed by atoms with Crippen LogP contribution in [-0.4, -0.2) is 5.11 Å². The zero-order valence-electron chi connectivity index (χ0n) is 5.76. The van der Waals surface area contributed by atoms with Crippen LogP contribution in [0.2, 0.25) is 0 Å². The Bertz CT molecular complexity index is 233. The van der Waals surface area contributed by atoms with E-state index in [1.54, 1.807) is 12.1 Å². The maximum atomic E-state index is 8.99. The summed E-state index contributed by atoms with van der Waals surface area (Å²) in [5.74, 6) is 0.804. The van der Waals surface area contributed by atoms with E-state index in [0.29, 0.717) is 11.6 Å². The highest BCUT2D eigenvalue weighted by Gasteiger charge is 1.95. The fourth-order valence-electron chi connectivity index (χ4n) is 0.830. The lowest BCUT2D eigenvalue weighted by Gasteiger charge is -2.00. The molecule has 2 heteroatoms. The van der Waals surface area contributed by atoms with E-state index in [0.717, 1.165) is 11.1 Å². The molecule has 1 aromatic carbocycles. The highest BCUT2D eigenvalue weighted by atomic mass is 35.5. The largest absolute Gasteiger partial charge is 0.508 e. The first kappa shape index (κ1) is 7.42. The molecule has 0 saturated carbocycles. The summed E-state index contributed by atoms with van der Waals surface area (Å²) in [6.45, 7) is 1.93. The SMILES string of the molecule is Cc1cc(O)ccc1CCl. The predicted octanol–water partition coefficient (Wildman–Crippen LogP) is 2.44. The average molecular weight is 157 g/mol. The highest BCUT2D eigenvalue weighted by molar-refractivity contribution is 6.17. The average Bonchev–Trinajstić information content (AvgIpc) is 1.88. The molecule has 0 aliphatic rings. The molecule has 0 unspecified atom stereocenters. The van der Waals surface area contributed by atoms with Crippen LogP contribution in [0.3, 0.4) is 0 Å². The van der Waals surface area contributed by atoms with Gasteiger partial charge in [0, 0.05) is 5.88 Å². The molecule has 0 atom stereocenters. The Morgan fingerprint density at radius 3 is 2.70 bits per heavy atom. The summed E-state index contributed by atoms with van der Waals surface area (Å²) in [5, 5.41) is 8.99. The van der Waals surface area contributed by atoms with Crippen molar-refractivity contribution in [3.05, 3.63) is 29.3 Å². The van der Waals surface area contributed by atoms with Gasteiger partial charge < -0.3 is 5.11 Å². The number of phenolic OH excluding ortho intramolecular Hbond substituents is 1. The van der Waals surface area contributed by atoms with Crippen molar-refractivity contribution in [1.29, 1.82) is 0 Å². The molecule has 0 aromatic heterocycles. The number of phenols is 1. The van der Waals surface area contributed by atoms with Crippen molar-refractivity contribution < 1.29 is 5.11 Å². The number of hydrogen-bond donors (Lipinski definition) is 1. The molecule has 54 valence electrons. The van der Waals surface area contributed by atoms with Gasteiger partial charge in [0.25, 0.3) is 0 Å². The van der Waals surface area contributed by atoms with Gasteiger partial charge in [-0.25, -0.2) is 0 Å². The lowest BCUT2D eigenvalue weighted by molar-refractivity contribution is 0.474. The number of hydrogen-bond acceptors (Lipinski definition) is 1. The van der Waals surface area contributed by atoms with Crippen molar-refractivity contribution >= 4 is 11.6 Å². The van der Waals surface area contributed by atoms with Crippen LogP contribution in [0.1, 0.15) is 11.1 Å². The molecule has 0 spiro atoms. The summed E-state index contributed by atoms with van der Waals surface area (Å²) >= 11 is 5.60. The van der Waals surface area contributed by atoms with Gasteiger partial charge in [0.15, 0.2) is 0 Å². The number of rotatable bonds is 1. The van der Waals surface area contributed by atoms with Crippen LogP contribution in [0.25, 0.3) is 0 Å². The van der Waals surface area contributed by atoms with Gasteiger partial charge in [0.05, 0.1) is 0 Å². The third-order valence-corrected chi connectivity index (χ3v) is 1.76. The summed E-state index contributed by atoms with van der Waals surface area (Å²) in [6.07, 6.45) is 0. The van der Waals surface area contributed by atoms with Crippen molar-refractivity contribution in [2.45, 2.75) is 12.8 Å². The van der Waals surface area contributed by atoms with Crippen LogP contribution in [0, 0.1) is 6.92 Å². The number of alkyl halides is 1. The zero-order chi connectivity index (χ0) is 7.56. The van der Waals surface area contributed by atoms with Crippen molar-refractivity contribution in [2.24, 2.45) is 0 Å². The molecular formula is C8H9ClO. The topological polar surface area (TPSA) is 20.2 Å². The Morgan fingerprint density at radius 2 is 2.20 bits per heavy atom. The molecule has 1 nitrogen and oxygen atoms in total. The Balaban J connectivity index is 3.07. The first-order chi connectivity index (χ1) is 4.74. The maximum absolute atomic E-state index is 8.99. The number of benzene rings is 1. The third kappa shape index (κ3) is 1.42. The highest BCUT2D eigenvalue weighted by Crippen LogP contribution is 2.16. The van der Waals surface area contributed by atoms with E-state index in [-0.39, 0.29) is 0 Å². The van der Waals surface area contributed by atoms with E-state index in [1.807, 2.05) is 13.0 Å². The Morgan fingerprint density at radius 1 is 1.50 bits per heavy atom. The van der Waals surface area contributed by atoms with Crippen molar-refractivity contribution in [3.63, 3.8) is 0 Å².